The van der Waals surface area contributed by atoms with Crippen LogP contribution >= 0.6 is 0 Å². The molecule has 4 bridgehead atoms. The second-order valence-electron chi connectivity index (χ2n) is 9.88. The predicted octanol–water partition coefficient (Wildman–Crippen LogP) is 4.67. The Balaban J connectivity index is 1.35. The van der Waals surface area contributed by atoms with Crippen molar-refractivity contribution in [3.63, 3.8) is 0 Å². The number of pyridine rings is 1. The van der Waals surface area contributed by atoms with E-state index in [2.05, 4.69) is 29.7 Å². The fraction of sp³-hybridized carbons (Fsp3) is 0.545. The number of amides is 1. The molecule has 0 spiro atoms. The van der Waals surface area contributed by atoms with E-state index in [0.29, 0.717) is 22.6 Å². The van der Waals surface area contributed by atoms with Crippen LogP contribution in [0, 0.1) is 22.2 Å². The summed E-state index contributed by atoms with van der Waals surface area (Å²) in [5, 5.41) is 1.10. The summed E-state index contributed by atoms with van der Waals surface area (Å²) in [7, 11) is 0. The number of rotatable bonds is 3. The third-order valence-corrected chi connectivity index (χ3v) is 7.01. The van der Waals surface area contributed by atoms with Crippen molar-refractivity contribution < 1.29 is 4.79 Å². The molecule has 2 unspecified atom stereocenters. The van der Waals surface area contributed by atoms with Crippen molar-refractivity contribution in [1.82, 2.24) is 10.4 Å². The number of hydrogen-bond donors (Lipinski definition) is 2. The number of aromatic nitrogens is 1. The molecule has 4 aliphatic rings. The summed E-state index contributed by atoms with van der Waals surface area (Å²) < 4.78 is 0. The highest BCUT2D eigenvalue weighted by Gasteiger charge is 2.62. The van der Waals surface area contributed by atoms with E-state index in [9.17, 15) is 4.79 Å². The Morgan fingerprint density at radius 2 is 1.73 bits per heavy atom. The standard InChI is InChI=1S/C22H27N3O/c1-20-9-15-10-21(2,12-20)14-22(11-15,13-20)19(26)25-24-18-8-7-16-5-3-4-6-17(16)23-18/h3-8,15H,9-14H2,1-2H3,(H,23,24)(H,25,26). The first kappa shape index (κ1) is 16.1. The van der Waals surface area contributed by atoms with Crippen molar-refractivity contribution in [3.8, 4) is 0 Å². The van der Waals surface area contributed by atoms with Gasteiger partial charge < -0.3 is 0 Å². The zero-order valence-electron chi connectivity index (χ0n) is 15.6. The van der Waals surface area contributed by atoms with E-state index in [4.69, 9.17) is 0 Å². The van der Waals surface area contributed by atoms with Gasteiger partial charge >= 0.3 is 0 Å². The molecule has 0 aliphatic heterocycles. The summed E-state index contributed by atoms with van der Waals surface area (Å²) in [5.41, 5.74) is 7.49. The second kappa shape index (κ2) is 5.21. The number of carbonyl (C=O) groups excluding carboxylic acids is 1. The van der Waals surface area contributed by atoms with Crippen LogP contribution in [-0.4, -0.2) is 10.9 Å². The van der Waals surface area contributed by atoms with Crippen molar-refractivity contribution >= 4 is 22.6 Å². The monoisotopic (exact) mass is 349 g/mol. The molecule has 2 N–H and O–H groups in total. The molecule has 4 nitrogen and oxygen atoms in total. The molecule has 26 heavy (non-hydrogen) atoms. The number of benzene rings is 1. The van der Waals surface area contributed by atoms with Gasteiger partial charge in [-0.3, -0.25) is 15.6 Å². The van der Waals surface area contributed by atoms with E-state index in [-0.39, 0.29) is 11.3 Å². The molecule has 1 aromatic heterocycles. The van der Waals surface area contributed by atoms with Gasteiger partial charge in [0.1, 0.15) is 5.82 Å². The van der Waals surface area contributed by atoms with Crippen LogP contribution in [0.15, 0.2) is 36.4 Å². The number of nitrogens with one attached hydrogen (secondary N) is 2. The van der Waals surface area contributed by atoms with Crippen LogP contribution in [0.4, 0.5) is 5.82 Å². The molecule has 2 aromatic rings. The highest BCUT2D eigenvalue weighted by Crippen LogP contribution is 2.69. The fourth-order valence-electron chi connectivity index (χ4n) is 7.09. The molecule has 4 aliphatic carbocycles. The van der Waals surface area contributed by atoms with Crippen LogP contribution in [-0.2, 0) is 4.79 Å². The number of carbonyl (C=O) groups is 1. The quantitative estimate of drug-likeness (QED) is 0.792. The summed E-state index contributed by atoms with van der Waals surface area (Å²) in [6.07, 6.45) is 7.01. The Kier molecular flexibility index (Phi) is 3.23. The Labute approximate surface area is 154 Å². The average Bonchev–Trinajstić information content (AvgIpc) is 2.56. The molecule has 0 saturated heterocycles. The van der Waals surface area contributed by atoms with Gasteiger partial charge in [-0.2, -0.15) is 0 Å². The van der Waals surface area contributed by atoms with Gasteiger partial charge in [0.05, 0.1) is 10.9 Å². The summed E-state index contributed by atoms with van der Waals surface area (Å²) in [4.78, 5) is 17.8. The number of para-hydroxylation sites is 1. The van der Waals surface area contributed by atoms with Crippen LogP contribution in [0.2, 0.25) is 0 Å². The minimum Gasteiger partial charge on any atom is -0.282 e. The van der Waals surface area contributed by atoms with Crippen LogP contribution < -0.4 is 10.9 Å². The van der Waals surface area contributed by atoms with Crippen LogP contribution in [0.25, 0.3) is 10.9 Å². The van der Waals surface area contributed by atoms with Crippen molar-refractivity contribution in [2.75, 3.05) is 5.43 Å². The van der Waals surface area contributed by atoms with Gasteiger partial charge in [0.25, 0.3) is 0 Å². The van der Waals surface area contributed by atoms with Gasteiger partial charge in [0.2, 0.25) is 5.91 Å². The minimum atomic E-state index is -0.202. The largest absolute Gasteiger partial charge is 0.282 e. The molecular weight excluding hydrogens is 322 g/mol. The van der Waals surface area contributed by atoms with E-state index in [1.54, 1.807) is 0 Å². The minimum absolute atomic E-state index is 0.161. The Morgan fingerprint density at radius 1 is 1.00 bits per heavy atom. The molecule has 1 aromatic carbocycles. The van der Waals surface area contributed by atoms with Crippen molar-refractivity contribution in [3.05, 3.63) is 36.4 Å². The maximum atomic E-state index is 13.2. The molecule has 4 fully saturated rings. The maximum absolute atomic E-state index is 13.2. The van der Waals surface area contributed by atoms with E-state index in [0.717, 1.165) is 30.2 Å². The molecule has 136 valence electrons. The third kappa shape index (κ3) is 2.50. The molecule has 2 atom stereocenters. The highest BCUT2D eigenvalue weighted by molar-refractivity contribution is 5.85. The molecule has 6 rings (SSSR count). The SMILES string of the molecule is CC12CC3CC(C)(C1)CC(C(=O)NNc1ccc4ccccc4n1)(C3)C2. The number of hydrogen-bond acceptors (Lipinski definition) is 3. The first-order chi connectivity index (χ1) is 12.4. The average molecular weight is 349 g/mol. The number of hydrazine groups is 1. The predicted molar refractivity (Wildman–Crippen MR) is 103 cm³/mol. The normalized spacial score (nSPS) is 37.7. The van der Waals surface area contributed by atoms with E-state index < -0.39 is 0 Å². The maximum Gasteiger partial charge on any atom is 0.244 e. The first-order valence-corrected chi connectivity index (χ1v) is 9.80. The molecule has 4 saturated carbocycles. The van der Waals surface area contributed by atoms with E-state index >= 15 is 0 Å². The lowest BCUT2D eigenvalue weighted by atomic mass is 9.40. The molecule has 1 heterocycles. The summed E-state index contributed by atoms with van der Waals surface area (Å²) in [6.45, 7) is 4.80. The summed E-state index contributed by atoms with van der Waals surface area (Å²) in [5.74, 6) is 1.57. The lowest BCUT2D eigenvalue weighted by Crippen LogP contribution is -2.60. The number of fused-ring (bicyclic) bond motifs is 1. The van der Waals surface area contributed by atoms with Gasteiger partial charge in [0, 0.05) is 5.39 Å². The summed E-state index contributed by atoms with van der Waals surface area (Å²) in [6, 6.07) is 12.0. The molecule has 0 radical (unpaired) electrons. The highest BCUT2D eigenvalue weighted by atomic mass is 16.2. The van der Waals surface area contributed by atoms with E-state index in [1.807, 2.05) is 36.4 Å². The Bertz CT molecular complexity index is 874. The first-order valence-electron chi connectivity index (χ1n) is 9.80. The zero-order chi connectivity index (χ0) is 18.0. The molecule has 4 heteroatoms. The number of anilines is 1. The topological polar surface area (TPSA) is 54.0 Å². The summed E-state index contributed by atoms with van der Waals surface area (Å²) >= 11 is 0. The smallest absolute Gasteiger partial charge is 0.244 e. The van der Waals surface area contributed by atoms with Gasteiger partial charge in [-0.1, -0.05) is 32.0 Å². The third-order valence-electron chi connectivity index (χ3n) is 7.01. The Morgan fingerprint density at radius 3 is 2.46 bits per heavy atom. The van der Waals surface area contributed by atoms with Crippen LogP contribution in [0.1, 0.15) is 52.4 Å². The van der Waals surface area contributed by atoms with Crippen LogP contribution in [0.3, 0.4) is 0 Å². The van der Waals surface area contributed by atoms with Gasteiger partial charge in [-0.15, -0.1) is 0 Å². The van der Waals surface area contributed by atoms with Gasteiger partial charge in [-0.05, 0) is 73.5 Å². The fourth-order valence-corrected chi connectivity index (χ4v) is 7.09. The zero-order valence-corrected chi connectivity index (χ0v) is 15.6. The lowest BCUT2D eigenvalue weighted by molar-refractivity contribution is -0.169. The van der Waals surface area contributed by atoms with Gasteiger partial charge in [-0.25, -0.2) is 4.98 Å². The lowest BCUT2D eigenvalue weighted by Gasteiger charge is -2.64. The number of nitrogens with zero attached hydrogens (tertiary/aromatic N) is 1. The van der Waals surface area contributed by atoms with Crippen LogP contribution in [0.5, 0.6) is 0 Å². The van der Waals surface area contributed by atoms with Crippen molar-refractivity contribution in [1.29, 1.82) is 0 Å². The van der Waals surface area contributed by atoms with E-state index in [1.165, 1.54) is 19.3 Å². The van der Waals surface area contributed by atoms with Crippen molar-refractivity contribution in [2.45, 2.75) is 52.4 Å². The Hall–Kier alpha value is -2.10. The molecule has 1 amide bonds. The molecular formula is C22H27N3O. The second-order valence-corrected chi connectivity index (χ2v) is 9.88. The van der Waals surface area contributed by atoms with Gasteiger partial charge in [0.15, 0.2) is 0 Å². The van der Waals surface area contributed by atoms with Crippen molar-refractivity contribution in [2.24, 2.45) is 22.2 Å².